The minimum atomic E-state index is -0.0766. The topological polar surface area (TPSA) is 41.1 Å². The third-order valence-corrected chi connectivity index (χ3v) is 2.91. The van der Waals surface area contributed by atoms with E-state index < -0.39 is 0 Å². The molecule has 2 aromatic rings. The second-order valence-corrected chi connectivity index (χ2v) is 4.51. The van der Waals surface area contributed by atoms with Crippen LogP contribution in [0, 0.1) is 6.92 Å². The van der Waals surface area contributed by atoms with E-state index in [9.17, 15) is 4.79 Å². The Bertz CT molecular complexity index is 578. The Hall–Kier alpha value is -2.13. The molecule has 3 nitrogen and oxygen atoms in total. The molecule has 2 rings (SSSR count). The molecule has 3 heteroatoms. The predicted molar refractivity (Wildman–Crippen MR) is 78.3 cm³/mol. The summed E-state index contributed by atoms with van der Waals surface area (Å²) in [6.07, 6.45) is 0. The summed E-state index contributed by atoms with van der Waals surface area (Å²) >= 11 is 0. The van der Waals surface area contributed by atoms with E-state index in [1.807, 2.05) is 62.5 Å². The van der Waals surface area contributed by atoms with E-state index in [2.05, 4.69) is 10.6 Å². The summed E-state index contributed by atoms with van der Waals surface area (Å²) in [6.45, 7) is 2.70. The lowest BCUT2D eigenvalue weighted by atomic mass is 10.1. The van der Waals surface area contributed by atoms with Crippen molar-refractivity contribution >= 4 is 11.6 Å². The Labute approximate surface area is 113 Å². The maximum absolute atomic E-state index is 12.2. The number of rotatable bonds is 4. The van der Waals surface area contributed by atoms with Crippen LogP contribution in [0.1, 0.15) is 21.5 Å². The molecule has 98 valence electrons. The van der Waals surface area contributed by atoms with Crippen molar-refractivity contribution in [3.63, 3.8) is 0 Å². The minimum absolute atomic E-state index is 0.0766. The summed E-state index contributed by atoms with van der Waals surface area (Å²) in [6, 6.07) is 15.4. The molecule has 0 saturated heterocycles. The molecule has 0 unspecified atom stereocenters. The van der Waals surface area contributed by atoms with E-state index >= 15 is 0 Å². The van der Waals surface area contributed by atoms with Crippen LogP contribution < -0.4 is 10.6 Å². The van der Waals surface area contributed by atoms with Crippen LogP contribution in [-0.2, 0) is 6.54 Å². The van der Waals surface area contributed by atoms with Crippen molar-refractivity contribution in [3.05, 3.63) is 65.2 Å². The van der Waals surface area contributed by atoms with Crippen LogP contribution in [0.5, 0.6) is 0 Å². The number of hydrogen-bond acceptors (Lipinski definition) is 2. The molecule has 0 aliphatic carbocycles. The molecule has 0 aliphatic rings. The zero-order chi connectivity index (χ0) is 13.7. The summed E-state index contributed by atoms with van der Waals surface area (Å²) in [5.41, 5.74) is 3.68. The highest BCUT2D eigenvalue weighted by molar-refractivity contribution is 6.04. The molecule has 0 spiro atoms. The quantitative estimate of drug-likeness (QED) is 0.880. The van der Waals surface area contributed by atoms with Gasteiger partial charge in [-0.2, -0.15) is 0 Å². The van der Waals surface area contributed by atoms with Crippen molar-refractivity contribution in [1.29, 1.82) is 0 Å². The van der Waals surface area contributed by atoms with E-state index in [0.717, 1.165) is 23.4 Å². The smallest absolute Gasteiger partial charge is 0.255 e. The van der Waals surface area contributed by atoms with Crippen molar-refractivity contribution in [3.8, 4) is 0 Å². The average Bonchev–Trinajstić information content (AvgIpc) is 2.41. The fraction of sp³-hybridized carbons (Fsp3) is 0.188. The van der Waals surface area contributed by atoms with E-state index in [-0.39, 0.29) is 5.91 Å². The maximum Gasteiger partial charge on any atom is 0.255 e. The second kappa shape index (κ2) is 6.16. The lowest BCUT2D eigenvalue weighted by molar-refractivity contribution is 0.102. The molecule has 0 aromatic heterocycles. The lowest BCUT2D eigenvalue weighted by Gasteiger charge is -2.11. The lowest BCUT2D eigenvalue weighted by Crippen LogP contribution is -2.15. The zero-order valence-corrected chi connectivity index (χ0v) is 11.2. The van der Waals surface area contributed by atoms with Crippen molar-refractivity contribution in [2.45, 2.75) is 13.5 Å². The molecule has 0 heterocycles. The fourth-order valence-electron chi connectivity index (χ4n) is 1.97. The van der Waals surface area contributed by atoms with E-state index in [1.165, 1.54) is 0 Å². The molecular weight excluding hydrogens is 236 g/mol. The largest absolute Gasteiger partial charge is 0.322 e. The van der Waals surface area contributed by atoms with Gasteiger partial charge in [0.2, 0.25) is 0 Å². The molecular formula is C16H18N2O. The maximum atomic E-state index is 12.2. The summed E-state index contributed by atoms with van der Waals surface area (Å²) in [4.78, 5) is 12.2. The van der Waals surface area contributed by atoms with Crippen LogP contribution >= 0.6 is 0 Å². The van der Waals surface area contributed by atoms with Crippen LogP contribution in [-0.4, -0.2) is 13.0 Å². The molecule has 1 amide bonds. The standard InChI is InChI=1S/C16H18N2O/c1-12-6-5-8-13(10-12)16(19)18-15-9-4-3-7-14(15)11-17-2/h3-10,17H,11H2,1-2H3,(H,18,19). The average molecular weight is 254 g/mol. The van der Waals surface area contributed by atoms with Gasteiger partial charge in [0, 0.05) is 17.8 Å². The number of nitrogens with one attached hydrogen (secondary N) is 2. The van der Waals surface area contributed by atoms with Gasteiger partial charge in [0.05, 0.1) is 0 Å². The predicted octanol–water partition coefficient (Wildman–Crippen LogP) is 2.97. The monoisotopic (exact) mass is 254 g/mol. The van der Waals surface area contributed by atoms with Crippen LogP contribution in [0.3, 0.4) is 0 Å². The SMILES string of the molecule is CNCc1ccccc1NC(=O)c1cccc(C)c1. The number of amides is 1. The number of para-hydroxylation sites is 1. The van der Waals surface area contributed by atoms with Crippen molar-refractivity contribution in [2.75, 3.05) is 12.4 Å². The van der Waals surface area contributed by atoms with Gasteiger partial charge in [0.25, 0.3) is 5.91 Å². The Morgan fingerprint density at radius 3 is 2.63 bits per heavy atom. The van der Waals surface area contributed by atoms with Gasteiger partial charge in [-0.15, -0.1) is 0 Å². The molecule has 2 aromatic carbocycles. The Morgan fingerprint density at radius 2 is 1.89 bits per heavy atom. The molecule has 0 radical (unpaired) electrons. The molecule has 0 saturated carbocycles. The Balaban J connectivity index is 2.19. The Kier molecular flexibility index (Phi) is 4.31. The third kappa shape index (κ3) is 3.42. The number of hydrogen-bond donors (Lipinski definition) is 2. The molecule has 0 bridgehead atoms. The normalized spacial score (nSPS) is 10.2. The summed E-state index contributed by atoms with van der Waals surface area (Å²) in [5.74, 6) is -0.0766. The first-order valence-corrected chi connectivity index (χ1v) is 6.31. The highest BCUT2D eigenvalue weighted by Crippen LogP contribution is 2.16. The van der Waals surface area contributed by atoms with E-state index in [4.69, 9.17) is 0 Å². The number of carbonyl (C=O) groups is 1. The van der Waals surface area contributed by atoms with Gasteiger partial charge in [-0.3, -0.25) is 4.79 Å². The van der Waals surface area contributed by atoms with Crippen LogP contribution in [0.4, 0.5) is 5.69 Å². The highest BCUT2D eigenvalue weighted by atomic mass is 16.1. The fourth-order valence-corrected chi connectivity index (χ4v) is 1.97. The van der Waals surface area contributed by atoms with E-state index in [0.29, 0.717) is 5.56 Å². The van der Waals surface area contributed by atoms with Crippen molar-refractivity contribution < 1.29 is 4.79 Å². The summed E-state index contributed by atoms with van der Waals surface area (Å²) in [5, 5.41) is 6.06. The first-order valence-electron chi connectivity index (χ1n) is 6.31. The first-order chi connectivity index (χ1) is 9.20. The number of benzene rings is 2. The van der Waals surface area contributed by atoms with Gasteiger partial charge in [-0.05, 0) is 37.7 Å². The van der Waals surface area contributed by atoms with Crippen molar-refractivity contribution in [1.82, 2.24) is 5.32 Å². The molecule has 2 N–H and O–H groups in total. The first kappa shape index (κ1) is 13.3. The Morgan fingerprint density at radius 1 is 1.11 bits per heavy atom. The number of anilines is 1. The van der Waals surface area contributed by atoms with Crippen LogP contribution in [0.2, 0.25) is 0 Å². The summed E-state index contributed by atoms with van der Waals surface area (Å²) < 4.78 is 0. The van der Waals surface area contributed by atoms with Gasteiger partial charge in [-0.1, -0.05) is 35.9 Å². The van der Waals surface area contributed by atoms with E-state index in [1.54, 1.807) is 0 Å². The number of aryl methyl sites for hydroxylation is 1. The molecule has 0 aliphatic heterocycles. The van der Waals surface area contributed by atoms with Crippen LogP contribution in [0.25, 0.3) is 0 Å². The zero-order valence-electron chi connectivity index (χ0n) is 11.2. The molecule has 0 fully saturated rings. The van der Waals surface area contributed by atoms with Gasteiger partial charge in [0.1, 0.15) is 0 Å². The highest BCUT2D eigenvalue weighted by Gasteiger charge is 2.08. The summed E-state index contributed by atoms with van der Waals surface area (Å²) in [7, 11) is 1.89. The van der Waals surface area contributed by atoms with Gasteiger partial charge >= 0.3 is 0 Å². The van der Waals surface area contributed by atoms with Gasteiger partial charge in [0.15, 0.2) is 0 Å². The third-order valence-electron chi connectivity index (χ3n) is 2.91. The van der Waals surface area contributed by atoms with Gasteiger partial charge < -0.3 is 10.6 Å². The van der Waals surface area contributed by atoms with Crippen molar-refractivity contribution in [2.24, 2.45) is 0 Å². The van der Waals surface area contributed by atoms with Crippen LogP contribution in [0.15, 0.2) is 48.5 Å². The molecule has 19 heavy (non-hydrogen) atoms. The minimum Gasteiger partial charge on any atom is -0.322 e. The number of carbonyl (C=O) groups excluding carboxylic acids is 1. The second-order valence-electron chi connectivity index (χ2n) is 4.51. The van der Waals surface area contributed by atoms with Gasteiger partial charge in [-0.25, -0.2) is 0 Å². The molecule has 0 atom stereocenters.